The lowest BCUT2D eigenvalue weighted by Crippen LogP contribution is -2.35. The molecule has 4 nitrogen and oxygen atoms in total. The molecule has 0 aliphatic heterocycles. The van der Waals surface area contributed by atoms with Crippen molar-refractivity contribution in [3.05, 3.63) is 48.3 Å². The van der Waals surface area contributed by atoms with Crippen LogP contribution < -0.4 is 5.32 Å². The van der Waals surface area contributed by atoms with Crippen molar-refractivity contribution in [2.75, 3.05) is 0 Å². The normalized spacial score (nSPS) is 16.2. The first-order chi connectivity index (χ1) is 10.8. The summed E-state index contributed by atoms with van der Waals surface area (Å²) in [5.41, 5.74) is 2.06. The van der Waals surface area contributed by atoms with Gasteiger partial charge in [-0.05, 0) is 36.6 Å². The number of carbonyl (C=O) groups is 1. The molecule has 3 rings (SSSR count). The first kappa shape index (κ1) is 14.8. The Bertz CT molecular complexity index is 581. The average Bonchev–Trinajstić information content (AvgIpc) is 2.94. The van der Waals surface area contributed by atoms with Crippen LogP contribution in [0, 0.1) is 0 Å². The summed E-state index contributed by atoms with van der Waals surface area (Å²) < 4.78 is 1.81. The van der Waals surface area contributed by atoms with Crippen LogP contribution in [0.4, 0.5) is 0 Å². The van der Waals surface area contributed by atoms with E-state index in [4.69, 9.17) is 0 Å². The van der Waals surface area contributed by atoms with E-state index in [9.17, 15) is 4.79 Å². The second-order valence-electron chi connectivity index (χ2n) is 6.05. The van der Waals surface area contributed by atoms with Crippen LogP contribution in [0.5, 0.6) is 0 Å². The van der Waals surface area contributed by atoms with Gasteiger partial charge in [0, 0.05) is 18.4 Å². The maximum Gasteiger partial charge on any atom is 0.224 e. The van der Waals surface area contributed by atoms with Gasteiger partial charge in [-0.3, -0.25) is 4.79 Å². The topological polar surface area (TPSA) is 46.9 Å². The van der Waals surface area contributed by atoms with E-state index >= 15 is 0 Å². The number of nitrogens with one attached hydrogen (secondary N) is 1. The summed E-state index contributed by atoms with van der Waals surface area (Å²) in [7, 11) is 0. The first-order valence-electron chi connectivity index (χ1n) is 8.19. The largest absolute Gasteiger partial charge is 0.353 e. The van der Waals surface area contributed by atoms with Crippen molar-refractivity contribution >= 4 is 5.91 Å². The van der Waals surface area contributed by atoms with Gasteiger partial charge in [-0.25, -0.2) is 4.68 Å². The van der Waals surface area contributed by atoms with Gasteiger partial charge in [0.15, 0.2) is 0 Å². The molecule has 1 aliphatic carbocycles. The summed E-state index contributed by atoms with van der Waals surface area (Å²) in [6.07, 6.45) is 11.5. The van der Waals surface area contributed by atoms with E-state index < -0.39 is 0 Å². The molecule has 0 unspecified atom stereocenters. The first-order valence-corrected chi connectivity index (χ1v) is 8.19. The molecule has 22 heavy (non-hydrogen) atoms. The number of amides is 1. The minimum Gasteiger partial charge on any atom is -0.353 e. The van der Waals surface area contributed by atoms with Crippen molar-refractivity contribution < 1.29 is 4.79 Å². The fourth-order valence-electron chi connectivity index (χ4n) is 3.08. The molecule has 1 aromatic heterocycles. The van der Waals surface area contributed by atoms with Gasteiger partial charge in [0.1, 0.15) is 0 Å². The van der Waals surface area contributed by atoms with Gasteiger partial charge >= 0.3 is 0 Å². The molecule has 1 saturated carbocycles. The zero-order valence-electron chi connectivity index (χ0n) is 12.9. The highest BCUT2D eigenvalue weighted by atomic mass is 16.1. The minimum absolute atomic E-state index is 0.138. The van der Waals surface area contributed by atoms with Gasteiger partial charge in [-0.15, -0.1) is 0 Å². The lowest BCUT2D eigenvalue weighted by Gasteiger charge is -2.16. The zero-order chi connectivity index (χ0) is 15.2. The van der Waals surface area contributed by atoms with Gasteiger partial charge in [0.25, 0.3) is 0 Å². The van der Waals surface area contributed by atoms with E-state index in [-0.39, 0.29) is 5.91 Å². The van der Waals surface area contributed by atoms with E-state index in [1.165, 1.54) is 25.7 Å². The summed E-state index contributed by atoms with van der Waals surface area (Å²) in [5.74, 6) is 0.138. The van der Waals surface area contributed by atoms with Gasteiger partial charge in [-0.2, -0.15) is 5.10 Å². The second kappa shape index (κ2) is 7.25. The zero-order valence-corrected chi connectivity index (χ0v) is 12.9. The standard InChI is InChI=1S/C18H23N3O/c22-18(20-16-6-3-1-2-4-7-16)14-15-8-10-17(11-9-15)21-13-5-12-19-21/h5,8-13,16H,1-4,6-7,14H2,(H,20,22). The number of aromatic nitrogens is 2. The van der Waals surface area contributed by atoms with E-state index in [0.29, 0.717) is 12.5 Å². The Balaban J connectivity index is 1.55. The van der Waals surface area contributed by atoms with Crippen molar-refractivity contribution in [3.63, 3.8) is 0 Å². The predicted octanol–water partition coefficient (Wildman–Crippen LogP) is 3.25. The minimum atomic E-state index is 0.138. The van der Waals surface area contributed by atoms with Crippen LogP contribution in [0.1, 0.15) is 44.1 Å². The highest BCUT2D eigenvalue weighted by Gasteiger charge is 2.14. The smallest absolute Gasteiger partial charge is 0.224 e. The molecule has 0 spiro atoms. The summed E-state index contributed by atoms with van der Waals surface area (Å²) in [6, 6.07) is 10.3. The lowest BCUT2D eigenvalue weighted by atomic mass is 10.1. The molecule has 0 radical (unpaired) electrons. The summed E-state index contributed by atoms with van der Waals surface area (Å²) in [5, 5.41) is 7.39. The summed E-state index contributed by atoms with van der Waals surface area (Å²) >= 11 is 0. The SMILES string of the molecule is O=C(Cc1ccc(-n2cccn2)cc1)NC1CCCCCC1. The average molecular weight is 297 g/mol. The molecular weight excluding hydrogens is 274 g/mol. The van der Waals surface area contributed by atoms with E-state index in [1.807, 2.05) is 41.2 Å². The number of benzene rings is 1. The van der Waals surface area contributed by atoms with Gasteiger partial charge < -0.3 is 5.32 Å². The maximum absolute atomic E-state index is 12.2. The van der Waals surface area contributed by atoms with Crippen molar-refractivity contribution in [2.45, 2.75) is 51.0 Å². The molecule has 0 atom stereocenters. The number of hydrogen-bond acceptors (Lipinski definition) is 2. The van der Waals surface area contributed by atoms with E-state index in [2.05, 4.69) is 10.4 Å². The third kappa shape index (κ3) is 3.97. The monoisotopic (exact) mass is 297 g/mol. The fourth-order valence-corrected chi connectivity index (χ4v) is 3.08. The van der Waals surface area contributed by atoms with Crippen LogP contribution in [-0.2, 0) is 11.2 Å². The van der Waals surface area contributed by atoms with Gasteiger partial charge in [0.2, 0.25) is 5.91 Å². The predicted molar refractivity (Wildman–Crippen MR) is 86.9 cm³/mol. The Kier molecular flexibility index (Phi) is 4.88. The number of hydrogen-bond donors (Lipinski definition) is 1. The van der Waals surface area contributed by atoms with Gasteiger partial charge in [0.05, 0.1) is 12.1 Å². The Labute approximate surface area is 131 Å². The molecule has 1 aromatic carbocycles. The summed E-state index contributed by atoms with van der Waals surface area (Å²) in [6.45, 7) is 0. The number of carbonyl (C=O) groups excluding carboxylic acids is 1. The lowest BCUT2D eigenvalue weighted by molar-refractivity contribution is -0.121. The highest BCUT2D eigenvalue weighted by Crippen LogP contribution is 2.17. The van der Waals surface area contributed by atoms with Crippen LogP contribution in [0.15, 0.2) is 42.7 Å². The molecule has 1 amide bonds. The van der Waals surface area contributed by atoms with Crippen LogP contribution in [0.3, 0.4) is 0 Å². The third-order valence-corrected chi connectivity index (χ3v) is 4.29. The molecule has 1 heterocycles. The molecule has 1 fully saturated rings. The number of rotatable bonds is 4. The van der Waals surface area contributed by atoms with E-state index in [1.54, 1.807) is 6.20 Å². The van der Waals surface area contributed by atoms with Crippen molar-refractivity contribution in [1.82, 2.24) is 15.1 Å². The molecule has 2 aromatic rings. The van der Waals surface area contributed by atoms with Crippen LogP contribution in [0.2, 0.25) is 0 Å². The second-order valence-corrected chi connectivity index (χ2v) is 6.05. The third-order valence-electron chi connectivity index (χ3n) is 4.29. The Hall–Kier alpha value is -2.10. The number of nitrogens with zero attached hydrogens (tertiary/aromatic N) is 2. The van der Waals surface area contributed by atoms with Crippen molar-refractivity contribution in [2.24, 2.45) is 0 Å². The van der Waals surface area contributed by atoms with Gasteiger partial charge in [-0.1, -0.05) is 37.8 Å². The molecule has 0 bridgehead atoms. The Morgan fingerprint density at radius 2 is 1.86 bits per heavy atom. The molecule has 1 N–H and O–H groups in total. The molecular formula is C18H23N3O. The van der Waals surface area contributed by atoms with Crippen LogP contribution in [-0.4, -0.2) is 21.7 Å². The Morgan fingerprint density at radius 1 is 1.14 bits per heavy atom. The molecule has 4 heteroatoms. The Morgan fingerprint density at radius 3 is 2.50 bits per heavy atom. The van der Waals surface area contributed by atoms with Crippen molar-refractivity contribution in [3.8, 4) is 5.69 Å². The maximum atomic E-state index is 12.2. The molecule has 0 saturated heterocycles. The van der Waals surface area contributed by atoms with Crippen LogP contribution in [0.25, 0.3) is 5.69 Å². The molecule has 1 aliphatic rings. The quantitative estimate of drug-likeness (QED) is 0.881. The van der Waals surface area contributed by atoms with Crippen molar-refractivity contribution in [1.29, 1.82) is 0 Å². The van der Waals surface area contributed by atoms with E-state index in [0.717, 1.165) is 24.1 Å². The fraction of sp³-hybridized carbons (Fsp3) is 0.444. The molecule has 116 valence electrons. The summed E-state index contributed by atoms with van der Waals surface area (Å²) in [4.78, 5) is 12.2. The highest BCUT2D eigenvalue weighted by molar-refractivity contribution is 5.78. The van der Waals surface area contributed by atoms with Crippen LogP contribution >= 0.6 is 0 Å².